The molecule has 1 amide bonds. The molecule has 2 aromatic carbocycles. The Balaban J connectivity index is 1.46. The second kappa shape index (κ2) is 8.75. The van der Waals surface area contributed by atoms with E-state index in [0.717, 1.165) is 18.4 Å². The fourth-order valence-electron chi connectivity index (χ4n) is 4.27. The summed E-state index contributed by atoms with van der Waals surface area (Å²) in [4.78, 5) is 25.5. The minimum Gasteiger partial charge on any atom is -0.464 e. The number of nitrogens with one attached hydrogen (secondary N) is 1. The van der Waals surface area contributed by atoms with Crippen molar-refractivity contribution in [1.29, 1.82) is 0 Å². The molecular formula is C25H26ClNO4. The number of ether oxygens (including phenoxy) is 2. The minimum atomic E-state index is -0.952. The molecule has 5 nitrogen and oxygen atoms in total. The Morgan fingerprint density at radius 1 is 1.23 bits per heavy atom. The first-order chi connectivity index (χ1) is 14.9. The number of rotatable bonds is 7. The standard InChI is InChI=1S/C25H26ClNO4/c1-3-19-15-25(19,24(29)30-4-2)27-23(28)17-9-8-16-10-11-22(13-18(16)12-17)31-21-7-5-6-20(26)14-21/h3,5-7,10-11,13-14,17,19H,1,4,8-9,12,15H2,2H3,(H,27,28)/t17?,19?,25-/m1/s1. The summed E-state index contributed by atoms with van der Waals surface area (Å²) in [5.74, 6) is 0.610. The van der Waals surface area contributed by atoms with Gasteiger partial charge in [0.1, 0.15) is 17.0 Å². The summed E-state index contributed by atoms with van der Waals surface area (Å²) >= 11 is 6.04. The molecule has 0 aliphatic heterocycles. The maximum atomic E-state index is 13.0. The van der Waals surface area contributed by atoms with Gasteiger partial charge in [-0.1, -0.05) is 29.8 Å². The van der Waals surface area contributed by atoms with E-state index in [1.54, 1.807) is 25.1 Å². The van der Waals surface area contributed by atoms with Crippen LogP contribution in [0.3, 0.4) is 0 Å². The van der Waals surface area contributed by atoms with Crippen molar-refractivity contribution in [3.8, 4) is 11.5 Å². The lowest BCUT2D eigenvalue weighted by molar-refractivity contribution is -0.149. The maximum Gasteiger partial charge on any atom is 0.332 e. The van der Waals surface area contributed by atoms with Gasteiger partial charge in [-0.05, 0) is 74.1 Å². The molecule has 0 aromatic heterocycles. The monoisotopic (exact) mass is 439 g/mol. The average molecular weight is 440 g/mol. The lowest BCUT2D eigenvalue weighted by atomic mass is 9.83. The molecule has 0 radical (unpaired) electrons. The van der Waals surface area contributed by atoms with Crippen LogP contribution in [0.25, 0.3) is 0 Å². The van der Waals surface area contributed by atoms with Gasteiger partial charge in [0.15, 0.2) is 0 Å². The zero-order valence-corrected chi connectivity index (χ0v) is 18.3. The van der Waals surface area contributed by atoms with Gasteiger partial charge in [-0.2, -0.15) is 0 Å². The summed E-state index contributed by atoms with van der Waals surface area (Å²) in [6, 6.07) is 13.2. The Labute approximate surface area is 187 Å². The number of hydrogen-bond acceptors (Lipinski definition) is 4. The van der Waals surface area contributed by atoms with Gasteiger partial charge in [-0.25, -0.2) is 4.79 Å². The first-order valence-corrected chi connectivity index (χ1v) is 11.0. The third-order valence-electron chi connectivity index (χ3n) is 6.09. The molecule has 0 spiro atoms. The Morgan fingerprint density at radius 3 is 2.74 bits per heavy atom. The number of benzene rings is 2. The number of aryl methyl sites for hydroxylation is 1. The van der Waals surface area contributed by atoms with Crippen molar-refractivity contribution < 1.29 is 19.1 Å². The second-order valence-electron chi connectivity index (χ2n) is 8.16. The maximum absolute atomic E-state index is 13.0. The molecule has 2 aliphatic rings. The lowest BCUT2D eigenvalue weighted by Gasteiger charge is -2.26. The van der Waals surface area contributed by atoms with Crippen LogP contribution in [0.1, 0.15) is 30.9 Å². The third kappa shape index (κ3) is 4.47. The van der Waals surface area contributed by atoms with E-state index >= 15 is 0 Å². The van der Waals surface area contributed by atoms with E-state index in [1.165, 1.54) is 5.56 Å². The molecule has 0 bridgehead atoms. The Morgan fingerprint density at radius 2 is 2.03 bits per heavy atom. The van der Waals surface area contributed by atoms with Crippen LogP contribution >= 0.6 is 11.6 Å². The molecular weight excluding hydrogens is 414 g/mol. The molecule has 3 atom stereocenters. The third-order valence-corrected chi connectivity index (χ3v) is 6.33. The molecule has 4 rings (SSSR count). The number of carbonyl (C=O) groups is 2. The van der Waals surface area contributed by atoms with E-state index in [4.69, 9.17) is 21.1 Å². The van der Waals surface area contributed by atoms with Gasteiger partial charge in [0, 0.05) is 16.9 Å². The number of esters is 1. The predicted octanol–water partition coefficient (Wildman–Crippen LogP) is 4.86. The molecule has 2 unspecified atom stereocenters. The lowest BCUT2D eigenvalue weighted by Crippen LogP contribution is -2.48. The highest BCUT2D eigenvalue weighted by atomic mass is 35.5. The number of hydrogen-bond donors (Lipinski definition) is 1. The highest BCUT2D eigenvalue weighted by Crippen LogP contribution is 2.46. The SMILES string of the molecule is C=CC1C[C@]1(NC(=O)C1CCc2ccc(Oc3cccc(Cl)c3)cc2C1)C(=O)OCC. The van der Waals surface area contributed by atoms with Gasteiger partial charge in [0.05, 0.1) is 6.61 Å². The fraction of sp³-hybridized carbons (Fsp3) is 0.360. The van der Waals surface area contributed by atoms with Crippen molar-refractivity contribution in [2.24, 2.45) is 11.8 Å². The van der Waals surface area contributed by atoms with Gasteiger partial charge in [0.25, 0.3) is 0 Å². The van der Waals surface area contributed by atoms with E-state index in [-0.39, 0.29) is 30.3 Å². The molecule has 0 heterocycles. The molecule has 2 aliphatic carbocycles. The summed E-state index contributed by atoms with van der Waals surface area (Å²) < 4.78 is 11.1. The van der Waals surface area contributed by atoms with Gasteiger partial charge in [-0.3, -0.25) is 4.79 Å². The molecule has 1 N–H and O–H groups in total. The largest absolute Gasteiger partial charge is 0.464 e. The van der Waals surface area contributed by atoms with E-state index in [0.29, 0.717) is 29.4 Å². The molecule has 2 aromatic rings. The zero-order chi connectivity index (χ0) is 22.0. The highest BCUT2D eigenvalue weighted by molar-refractivity contribution is 6.30. The van der Waals surface area contributed by atoms with Crippen LogP contribution < -0.4 is 10.1 Å². The number of carbonyl (C=O) groups excluding carboxylic acids is 2. The molecule has 6 heteroatoms. The number of halogens is 1. The Bertz CT molecular complexity index is 1020. The normalized spacial score (nSPS) is 23.9. The van der Waals surface area contributed by atoms with Crippen molar-refractivity contribution in [3.05, 3.63) is 71.3 Å². The van der Waals surface area contributed by atoms with Crippen LogP contribution in [0.4, 0.5) is 0 Å². The summed E-state index contributed by atoms with van der Waals surface area (Å²) in [6.07, 6.45) is 4.41. The summed E-state index contributed by atoms with van der Waals surface area (Å²) in [5, 5.41) is 3.60. The van der Waals surface area contributed by atoms with Crippen molar-refractivity contribution in [3.63, 3.8) is 0 Å². The highest BCUT2D eigenvalue weighted by Gasteiger charge is 2.61. The molecule has 162 valence electrons. The Hall–Kier alpha value is -2.79. The topological polar surface area (TPSA) is 64.6 Å². The van der Waals surface area contributed by atoms with Crippen LogP contribution in [0.5, 0.6) is 11.5 Å². The van der Waals surface area contributed by atoms with Crippen molar-refractivity contribution in [2.75, 3.05) is 6.61 Å². The van der Waals surface area contributed by atoms with Crippen molar-refractivity contribution in [2.45, 2.75) is 38.1 Å². The van der Waals surface area contributed by atoms with Crippen molar-refractivity contribution in [1.82, 2.24) is 5.32 Å². The van der Waals surface area contributed by atoms with Crippen LogP contribution in [0.2, 0.25) is 5.02 Å². The predicted molar refractivity (Wildman–Crippen MR) is 119 cm³/mol. The van der Waals surface area contributed by atoms with Crippen LogP contribution in [-0.2, 0) is 27.2 Å². The minimum absolute atomic E-state index is 0.0796. The van der Waals surface area contributed by atoms with E-state index in [9.17, 15) is 9.59 Å². The van der Waals surface area contributed by atoms with E-state index in [1.807, 2.05) is 24.3 Å². The average Bonchev–Trinajstić information content (AvgIpc) is 3.47. The summed E-state index contributed by atoms with van der Waals surface area (Å²) in [6.45, 7) is 5.83. The number of amides is 1. The first kappa shape index (κ1) is 21.4. The summed E-state index contributed by atoms with van der Waals surface area (Å²) in [7, 11) is 0. The molecule has 1 fully saturated rings. The van der Waals surface area contributed by atoms with E-state index in [2.05, 4.69) is 18.0 Å². The molecule has 0 saturated heterocycles. The number of fused-ring (bicyclic) bond motifs is 1. The summed E-state index contributed by atoms with van der Waals surface area (Å²) in [5.41, 5.74) is 1.36. The molecule has 1 saturated carbocycles. The smallest absolute Gasteiger partial charge is 0.332 e. The van der Waals surface area contributed by atoms with Gasteiger partial charge >= 0.3 is 5.97 Å². The Kier molecular flexibility index (Phi) is 6.05. The second-order valence-corrected chi connectivity index (χ2v) is 8.59. The zero-order valence-electron chi connectivity index (χ0n) is 17.5. The quantitative estimate of drug-likeness (QED) is 0.494. The van der Waals surface area contributed by atoms with Gasteiger partial charge < -0.3 is 14.8 Å². The van der Waals surface area contributed by atoms with Crippen LogP contribution in [0.15, 0.2) is 55.1 Å². The van der Waals surface area contributed by atoms with Gasteiger partial charge in [-0.15, -0.1) is 6.58 Å². The van der Waals surface area contributed by atoms with Crippen molar-refractivity contribution >= 4 is 23.5 Å². The fourth-order valence-corrected chi connectivity index (χ4v) is 4.45. The first-order valence-electron chi connectivity index (χ1n) is 10.6. The van der Waals surface area contributed by atoms with E-state index < -0.39 is 5.54 Å². The molecule has 31 heavy (non-hydrogen) atoms. The van der Waals surface area contributed by atoms with Crippen LogP contribution in [0, 0.1) is 11.8 Å². The van der Waals surface area contributed by atoms with Crippen LogP contribution in [-0.4, -0.2) is 24.0 Å². The van der Waals surface area contributed by atoms with Gasteiger partial charge in [0.2, 0.25) is 5.91 Å².